The van der Waals surface area contributed by atoms with Crippen LogP contribution >= 0.6 is 0 Å². The van der Waals surface area contributed by atoms with Gasteiger partial charge in [-0.3, -0.25) is 4.79 Å². The van der Waals surface area contributed by atoms with Gasteiger partial charge in [0.1, 0.15) is 5.82 Å². The zero-order chi connectivity index (χ0) is 21.3. The molecule has 3 heterocycles. The summed E-state index contributed by atoms with van der Waals surface area (Å²) in [4.78, 5) is 12.5. The number of carbonyl (C=O) groups is 1. The summed E-state index contributed by atoms with van der Waals surface area (Å²) in [7, 11) is -3.81. The highest BCUT2D eigenvalue weighted by Crippen LogP contribution is 2.24. The molecule has 1 aliphatic rings. The van der Waals surface area contributed by atoms with Gasteiger partial charge in [-0.2, -0.15) is 8.99 Å². The fourth-order valence-electron chi connectivity index (χ4n) is 3.21. The van der Waals surface area contributed by atoms with E-state index in [9.17, 15) is 17.6 Å². The first kappa shape index (κ1) is 20.2. The maximum atomic E-state index is 14.2. The van der Waals surface area contributed by atoms with Gasteiger partial charge in [-0.1, -0.05) is 6.42 Å². The Morgan fingerprint density at radius 2 is 1.93 bits per heavy atom. The van der Waals surface area contributed by atoms with E-state index in [2.05, 4.69) is 20.8 Å². The average molecular weight is 434 g/mol. The maximum Gasteiger partial charge on any atom is 0.291 e. The van der Waals surface area contributed by atoms with Gasteiger partial charge in [0.15, 0.2) is 11.6 Å². The van der Waals surface area contributed by atoms with Crippen LogP contribution in [0.15, 0.2) is 39.8 Å². The van der Waals surface area contributed by atoms with E-state index in [0.29, 0.717) is 24.6 Å². The lowest BCUT2D eigenvalue weighted by atomic mass is 10.2. The molecule has 0 spiro atoms. The molecule has 0 aliphatic carbocycles. The van der Waals surface area contributed by atoms with E-state index < -0.39 is 21.7 Å². The third-order valence-electron chi connectivity index (χ3n) is 4.78. The molecule has 0 unspecified atom stereocenters. The lowest BCUT2D eigenvalue weighted by molar-refractivity contribution is 0.0991. The van der Waals surface area contributed by atoms with Gasteiger partial charge in [-0.25, -0.2) is 12.8 Å². The van der Waals surface area contributed by atoms with Crippen LogP contribution in [0.2, 0.25) is 0 Å². The summed E-state index contributed by atoms with van der Waals surface area (Å²) in [6.45, 7) is 2.51. The minimum atomic E-state index is -3.81. The zero-order valence-corrected chi connectivity index (χ0v) is 16.9. The number of carbonyl (C=O) groups excluding carboxylic acids is 1. The van der Waals surface area contributed by atoms with E-state index in [0.717, 1.165) is 19.3 Å². The Labute approximate surface area is 171 Å². The molecule has 0 radical (unpaired) electrons. The number of benzene rings is 1. The fraction of sp³-hybridized carbons (Fsp3) is 0.333. The summed E-state index contributed by atoms with van der Waals surface area (Å²) in [5.41, 5.74) is 0.325. The topological polar surface area (TPSA) is 123 Å². The van der Waals surface area contributed by atoms with E-state index in [1.807, 2.05) is 0 Å². The molecule has 2 aromatic heterocycles. The number of rotatable bonds is 5. The molecule has 1 N–H and O–H groups in total. The minimum absolute atomic E-state index is 0.121. The van der Waals surface area contributed by atoms with Gasteiger partial charge < -0.3 is 9.73 Å². The monoisotopic (exact) mass is 434 g/mol. The highest BCUT2D eigenvalue weighted by molar-refractivity contribution is 7.89. The molecule has 30 heavy (non-hydrogen) atoms. The highest BCUT2D eigenvalue weighted by atomic mass is 32.2. The van der Waals surface area contributed by atoms with E-state index in [4.69, 9.17) is 4.42 Å². The number of aromatic nitrogens is 4. The Morgan fingerprint density at radius 3 is 2.63 bits per heavy atom. The van der Waals surface area contributed by atoms with Crippen LogP contribution in [0.3, 0.4) is 0 Å². The van der Waals surface area contributed by atoms with Crippen LogP contribution in [0.25, 0.3) is 5.69 Å². The van der Waals surface area contributed by atoms with Crippen molar-refractivity contribution in [1.29, 1.82) is 0 Å². The number of halogens is 1. The Balaban J connectivity index is 1.55. The number of amides is 1. The Kier molecular flexibility index (Phi) is 5.35. The van der Waals surface area contributed by atoms with E-state index in [-0.39, 0.29) is 16.5 Å². The molecule has 12 heteroatoms. The summed E-state index contributed by atoms with van der Waals surface area (Å²) in [6, 6.07) is 6.48. The number of anilines is 1. The van der Waals surface area contributed by atoms with Crippen LogP contribution < -0.4 is 5.32 Å². The normalized spacial score (nSPS) is 15.3. The van der Waals surface area contributed by atoms with Crippen LogP contribution in [-0.4, -0.2) is 51.9 Å². The van der Waals surface area contributed by atoms with Crippen molar-refractivity contribution < 1.29 is 22.0 Å². The number of nitrogens with zero attached hydrogens (tertiary/aromatic N) is 5. The molecule has 1 fully saturated rings. The van der Waals surface area contributed by atoms with Gasteiger partial charge in [0.05, 0.1) is 11.4 Å². The molecule has 0 bridgehead atoms. The van der Waals surface area contributed by atoms with Gasteiger partial charge in [0.2, 0.25) is 5.09 Å². The Bertz CT molecular complexity index is 1180. The van der Waals surface area contributed by atoms with Crippen LogP contribution in [0, 0.1) is 12.7 Å². The van der Waals surface area contributed by atoms with Crippen LogP contribution in [0.1, 0.15) is 35.6 Å². The van der Waals surface area contributed by atoms with Gasteiger partial charge in [0, 0.05) is 13.1 Å². The number of aryl methyl sites for hydroxylation is 1. The summed E-state index contributed by atoms with van der Waals surface area (Å²) in [5, 5.41) is 13.2. The number of nitrogens with one attached hydrogen (secondary N) is 1. The molecule has 1 saturated heterocycles. The molecular weight excluding hydrogens is 415 g/mol. The van der Waals surface area contributed by atoms with E-state index in [1.165, 1.54) is 39.3 Å². The molecule has 3 aromatic rings. The first-order valence-electron chi connectivity index (χ1n) is 9.32. The van der Waals surface area contributed by atoms with Crippen LogP contribution in [0.4, 0.5) is 10.1 Å². The Morgan fingerprint density at radius 1 is 1.17 bits per heavy atom. The van der Waals surface area contributed by atoms with E-state index in [1.54, 1.807) is 6.92 Å². The summed E-state index contributed by atoms with van der Waals surface area (Å²) < 4.78 is 47.6. The van der Waals surface area contributed by atoms with Crippen molar-refractivity contribution in [3.05, 3.63) is 47.7 Å². The molecule has 158 valence electrons. The molecule has 0 saturated carbocycles. The minimum Gasteiger partial charge on any atom is -0.438 e. The smallest absolute Gasteiger partial charge is 0.291 e. The average Bonchev–Trinajstić information content (AvgIpc) is 3.40. The van der Waals surface area contributed by atoms with Gasteiger partial charge in [-0.05, 0) is 60.5 Å². The quantitative estimate of drug-likeness (QED) is 0.652. The number of hydrogen-bond acceptors (Lipinski definition) is 7. The lowest BCUT2D eigenvalue weighted by Crippen LogP contribution is -2.35. The van der Waals surface area contributed by atoms with Crippen molar-refractivity contribution >= 4 is 21.6 Å². The molecular formula is C18H19FN6O4S. The van der Waals surface area contributed by atoms with Crippen LogP contribution in [0.5, 0.6) is 0 Å². The number of hydrogen-bond donors (Lipinski definition) is 1. The first-order valence-corrected chi connectivity index (χ1v) is 10.8. The van der Waals surface area contributed by atoms with Gasteiger partial charge in [-0.15, -0.1) is 5.10 Å². The second-order valence-corrected chi connectivity index (χ2v) is 8.71. The molecule has 10 nitrogen and oxygen atoms in total. The number of tetrazole rings is 1. The second kappa shape index (κ2) is 7.95. The molecule has 1 aliphatic heterocycles. The van der Waals surface area contributed by atoms with Crippen molar-refractivity contribution in [1.82, 2.24) is 24.5 Å². The van der Waals surface area contributed by atoms with Crippen molar-refractivity contribution in [2.24, 2.45) is 0 Å². The van der Waals surface area contributed by atoms with Gasteiger partial charge in [0.25, 0.3) is 15.9 Å². The van der Waals surface area contributed by atoms with Crippen molar-refractivity contribution in [2.75, 3.05) is 18.4 Å². The van der Waals surface area contributed by atoms with Crippen LogP contribution in [-0.2, 0) is 10.0 Å². The lowest BCUT2D eigenvalue weighted by Gasteiger charge is -2.24. The van der Waals surface area contributed by atoms with Crippen molar-refractivity contribution in [2.45, 2.75) is 31.3 Å². The Hall–Kier alpha value is -3.12. The number of piperidine rings is 1. The third-order valence-corrected chi connectivity index (χ3v) is 6.56. The summed E-state index contributed by atoms with van der Waals surface area (Å²) >= 11 is 0. The standard InChI is InChI=1S/C18H19FN6O4S/c1-12-21-22-23-25(12)13-5-6-14(19)15(11-13)20-18(26)16-7-8-17(29-16)30(27,28)24-9-3-2-4-10-24/h5-8,11H,2-4,9-10H2,1H3,(H,20,26). The SMILES string of the molecule is Cc1nnnn1-c1ccc(F)c(NC(=O)c2ccc(S(=O)(=O)N3CCCCC3)o2)c1. The summed E-state index contributed by atoms with van der Waals surface area (Å²) in [5.74, 6) is -1.21. The fourth-order valence-corrected chi connectivity index (χ4v) is 4.64. The summed E-state index contributed by atoms with van der Waals surface area (Å²) in [6.07, 6.45) is 2.54. The van der Waals surface area contributed by atoms with Gasteiger partial charge >= 0.3 is 0 Å². The maximum absolute atomic E-state index is 14.2. The molecule has 1 aromatic carbocycles. The molecule has 4 rings (SSSR count). The first-order chi connectivity index (χ1) is 14.4. The predicted octanol–water partition coefficient (Wildman–Crippen LogP) is 2.13. The predicted molar refractivity (Wildman–Crippen MR) is 103 cm³/mol. The second-order valence-electron chi connectivity index (χ2n) is 6.84. The number of furan rings is 1. The van der Waals surface area contributed by atoms with E-state index >= 15 is 0 Å². The zero-order valence-electron chi connectivity index (χ0n) is 16.1. The number of sulfonamides is 1. The van der Waals surface area contributed by atoms with Crippen molar-refractivity contribution in [3.63, 3.8) is 0 Å². The highest BCUT2D eigenvalue weighted by Gasteiger charge is 2.29. The largest absolute Gasteiger partial charge is 0.438 e. The van der Waals surface area contributed by atoms with Crippen molar-refractivity contribution in [3.8, 4) is 5.69 Å². The molecule has 1 amide bonds. The molecule has 0 atom stereocenters. The third kappa shape index (κ3) is 3.83.